The lowest BCUT2D eigenvalue weighted by Gasteiger charge is -2.14. The molecule has 0 spiro atoms. The van der Waals surface area contributed by atoms with Gasteiger partial charge in [-0.1, -0.05) is 6.07 Å². The minimum absolute atomic E-state index is 0.314. The van der Waals surface area contributed by atoms with E-state index in [0.717, 1.165) is 23.1 Å². The van der Waals surface area contributed by atoms with E-state index in [1.165, 1.54) is 18.7 Å². The summed E-state index contributed by atoms with van der Waals surface area (Å²) in [6.45, 7) is 1.28. The van der Waals surface area contributed by atoms with Gasteiger partial charge in [0.05, 0.1) is 11.2 Å². The lowest BCUT2D eigenvalue weighted by Crippen LogP contribution is -2.19. The molecule has 0 saturated carbocycles. The van der Waals surface area contributed by atoms with Gasteiger partial charge in [-0.15, -0.1) is 0 Å². The molecular formula is C25H25FN8O. The van der Waals surface area contributed by atoms with Crippen LogP contribution in [0.25, 0.3) is 16.6 Å². The van der Waals surface area contributed by atoms with Crippen LogP contribution in [0.3, 0.4) is 0 Å². The number of rotatable bonds is 8. The van der Waals surface area contributed by atoms with E-state index in [1.54, 1.807) is 22.7 Å². The molecule has 0 unspecified atom stereocenters. The molecule has 10 heteroatoms. The maximum Gasteiger partial charge on any atom is 0.155 e. The fourth-order valence-corrected chi connectivity index (χ4v) is 3.76. The number of anilines is 3. The minimum atomic E-state index is -0.314. The number of hydrogen-bond acceptors (Lipinski definition) is 8. The van der Waals surface area contributed by atoms with Crippen molar-refractivity contribution in [2.75, 3.05) is 38.3 Å². The molecule has 0 saturated heterocycles. The van der Waals surface area contributed by atoms with E-state index in [1.807, 2.05) is 43.4 Å². The van der Waals surface area contributed by atoms with Crippen LogP contribution < -0.4 is 15.8 Å². The Hall–Kier alpha value is -4.31. The van der Waals surface area contributed by atoms with Crippen LogP contribution in [0.15, 0.2) is 61.3 Å². The molecule has 3 heterocycles. The molecule has 0 aliphatic rings. The Morgan fingerprint density at radius 1 is 1.06 bits per heavy atom. The molecule has 178 valence electrons. The molecule has 35 heavy (non-hydrogen) atoms. The summed E-state index contributed by atoms with van der Waals surface area (Å²) in [6.07, 6.45) is 5.20. The highest BCUT2D eigenvalue weighted by atomic mass is 19.1. The van der Waals surface area contributed by atoms with Crippen molar-refractivity contribution in [3.63, 3.8) is 0 Å². The minimum Gasteiger partial charge on any atom is -0.490 e. The van der Waals surface area contributed by atoms with Gasteiger partial charge < -0.3 is 20.7 Å². The second-order valence-electron chi connectivity index (χ2n) is 8.49. The van der Waals surface area contributed by atoms with Gasteiger partial charge in [-0.2, -0.15) is 5.10 Å². The number of pyridine rings is 1. The number of benzene rings is 2. The number of hydrogen-bond donors (Lipinski definition) is 2. The van der Waals surface area contributed by atoms with Crippen molar-refractivity contribution in [3.8, 4) is 5.75 Å². The Labute approximate surface area is 201 Å². The van der Waals surface area contributed by atoms with Crippen molar-refractivity contribution in [2.45, 2.75) is 6.42 Å². The van der Waals surface area contributed by atoms with Gasteiger partial charge in [0, 0.05) is 36.3 Å². The van der Waals surface area contributed by atoms with E-state index in [-0.39, 0.29) is 5.82 Å². The van der Waals surface area contributed by atoms with Crippen molar-refractivity contribution < 1.29 is 9.13 Å². The highest BCUT2D eigenvalue weighted by molar-refractivity contribution is 5.94. The monoisotopic (exact) mass is 472 g/mol. The van der Waals surface area contributed by atoms with Crippen LogP contribution in [0.5, 0.6) is 5.75 Å². The van der Waals surface area contributed by atoms with Crippen LogP contribution >= 0.6 is 0 Å². The summed E-state index contributed by atoms with van der Waals surface area (Å²) >= 11 is 0. The standard InChI is InChI=1S/C25H25FN8O/c1-33(2)7-8-35-23-13-22-19(12-21(23)27)25(30-14-28-22)32-18-4-3-17(20(26)11-18)9-16-5-6-34-24(10-16)29-15-31-34/h3-6,10-15H,7-9,27H2,1-2H3,(H,28,30,32). The molecule has 3 aromatic heterocycles. The van der Waals surface area contributed by atoms with Crippen LogP contribution in [-0.4, -0.2) is 56.7 Å². The van der Waals surface area contributed by atoms with Gasteiger partial charge in [-0.3, -0.25) is 0 Å². The summed E-state index contributed by atoms with van der Waals surface area (Å²) in [4.78, 5) is 14.9. The number of nitrogen functional groups attached to an aromatic ring is 1. The predicted molar refractivity (Wildman–Crippen MR) is 133 cm³/mol. The molecule has 3 N–H and O–H groups in total. The second-order valence-corrected chi connectivity index (χ2v) is 8.49. The maximum absolute atomic E-state index is 15.0. The Balaban J connectivity index is 1.35. The molecule has 0 fully saturated rings. The van der Waals surface area contributed by atoms with Gasteiger partial charge in [0.15, 0.2) is 5.65 Å². The molecule has 0 amide bonds. The smallest absolute Gasteiger partial charge is 0.155 e. The van der Waals surface area contributed by atoms with E-state index in [4.69, 9.17) is 10.5 Å². The van der Waals surface area contributed by atoms with Crippen molar-refractivity contribution in [1.29, 1.82) is 0 Å². The lowest BCUT2D eigenvalue weighted by molar-refractivity contribution is 0.262. The molecule has 0 aliphatic heterocycles. The number of nitrogens with zero attached hydrogens (tertiary/aromatic N) is 6. The zero-order valence-corrected chi connectivity index (χ0v) is 19.4. The van der Waals surface area contributed by atoms with E-state index in [9.17, 15) is 4.39 Å². The molecule has 0 atom stereocenters. The summed E-state index contributed by atoms with van der Waals surface area (Å²) in [5, 5.41) is 7.99. The summed E-state index contributed by atoms with van der Waals surface area (Å²) < 4.78 is 22.4. The molecular weight excluding hydrogens is 447 g/mol. The molecule has 9 nitrogen and oxygen atoms in total. The van der Waals surface area contributed by atoms with Crippen LogP contribution in [-0.2, 0) is 6.42 Å². The molecule has 0 aliphatic carbocycles. The third kappa shape index (κ3) is 4.97. The average Bonchev–Trinajstić information content (AvgIpc) is 3.29. The van der Waals surface area contributed by atoms with Gasteiger partial charge in [0.2, 0.25) is 0 Å². The molecule has 0 bridgehead atoms. The van der Waals surface area contributed by atoms with Crippen molar-refractivity contribution in [2.24, 2.45) is 0 Å². The van der Waals surface area contributed by atoms with Crippen LogP contribution in [0, 0.1) is 5.82 Å². The lowest BCUT2D eigenvalue weighted by atomic mass is 10.0. The largest absolute Gasteiger partial charge is 0.490 e. The fourth-order valence-electron chi connectivity index (χ4n) is 3.76. The van der Waals surface area contributed by atoms with Crippen LogP contribution in [0.1, 0.15) is 11.1 Å². The van der Waals surface area contributed by atoms with E-state index >= 15 is 0 Å². The summed E-state index contributed by atoms with van der Waals surface area (Å²) in [5.74, 6) is 0.792. The predicted octanol–water partition coefficient (Wildman–Crippen LogP) is 3.67. The zero-order valence-electron chi connectivity index (χ0n) is 19.4. The topological polar surface area (TPSA) is 106 Å². The number of aromatic nitrogens is 5. The van der Waals surface area contributed by atoms with Gasteiger partial charge in [0.1, 0.15) is 36.6 Å². The second kappa shape index (κ2) is 9.51. The first kappa shape index (κ1) is 22.5. The zero-order chi connectivity index (χ0) is 24.4. The third-order valence-electron chi connectivity index (χ3n) is 5.62. The highest BCUT2D eigenvalue weighted by Crippen LogP contribution is 2.31. The highest BCUT2D eigenvalue weighted by Gasteiger charge is 2.12. The normalized spacial score (nSPS) is 11.4. The molecule has 5 rings (SSSR count). The van der Waals surface area contributed by atoms with E-state index in [0.29, 0.717) is 47.1 Å². The number of nitrogens with two attached hydrogens (primary N) is 1. The summed E-state index contributed by atoms with van der Waals surface area (Å²) in [6, 6.07) is 12.4. The Kier molecular flexibility index (Phi) is 6.11. The van der Waals surface area contributed by atoms with E-state index < -0.39 is 0 Å². The first-order chi connectivity index (χ1) is 17.0. The number of fused-ring (bicyclic) bond motifs is 2. The maximum atomic E-state index is 15.0. The third-order valence-corrected chi connectivity index (χ3v) is 5.62. The SMILES string of the molecule is CN(C)CCOc1cc2ncnc(Nc3ccc(Cc4ccn5ncnc5c4)c(F)c3)c2cc1N. The van der Waals surface area contributed by atoms with Crippen LogP contribution in [0.4, 0.5) is 21.6 Å². The first-order valence-electron chi connectivity index (χ1n) is 11.1. The fraction of sp³-hybridized carbons (Fsp3) is 0.200. The van der Waals surface area contributed by atoms with Crippen molar-refractivity contribution in [1.82, 2.24) is 29.5 Å². The average molecular weight is 473 g/mol. The Morgan fingerprint density at radius 3 is 2.77 bits per heavy atom. The Morgan fingerprint density at radius 2 is 1.94 bits per heavy atom. The molecule has 2 aromatic carbocycles. The number of halogens is 1. The number of nitrogens with one attached hydrogen (secondary N) is 1. The quantitative estimate of drug-likeness (QED) is 0.330. The van der Waals surface area contributed by atoms with E-state index in [2.05, 4.69) is 25.4 Å². The van der Waals surface area contributed by atoms with Gasteiger partial charge in [0.25, 0.3) is 0 Å². The van der Waals surface area contributed by atoms with Gasteiger partial charge in [-0.05, 0) is 55.6 Å². The van der Waals surface area contributed by atoms with Gasteiger partial charge in [-0.25, -0.2) is 23.9 Å². The number of ether oxygens (including phenoxy) is 1. The van der Waals surface area contributed by atoms with Gasteiger partial charge >= 0.3 is 0 Å². The van der Waals surface area contributed by atoms with Crippen molar-refractivity contribution in [3.05, 3.63) is 78.3 Å². The Bertz CT molecular complexity index is 1500. The van der Waals surface area contributed by atoms with Crippen molar-refractivity contribution >= 4 is 33.7 Å². The molecule has 5 aromatic rings. The van der Waals surface area contributed by atoms with Crippen LogP contribution in [0.2, 0.25) is 0 Å². The summed E-state index contributed by atoms with van der Waals surface area (Å²) in [5.41, 5.74) is 10.2. The molecule has 0 radical (unpaired) electrons. The number of likely N-dealkylation sites (N-methyl/N-ethyl adjacent to an activating group) is 1. The first-order valence-corrected chi connectivity index (χ1v) is 11.1. The summed E-state index contributed by atoms with van der Waals surface area (Å²) in [7, 11) is 3.96.